The number of methoxy groups -OCH3 is 2. The molecule has 0 radical (unpaired) electrons. The zero-order valence-corrected chi connectivity index (χ0v) is 19.1. The van der Waals surface area contributed by atoms with E-state index in [0.29, 0.717) is 28.6 Å². The number of anilines is 2. The summed E-state index contributed by atoms with van der Waals surface area (Å²) in [6.45, 7) is 5.39. The van der Waals surface area contributed by atoms with Gasteiger partial charge >= 0.3 is 0 Å². The molecule has 0 unspecified atom stereocenters. The molecule has 0 aliphatic heterocycles. The highest BCUT2D eigenvalue weighted by Crippen LogP contribution is 2.30. The minimum atomic E-state index is -3.44. The lowest BCUT2D eigenvalue weighted by Crippen LogP contribution is -2.15. The summed E-state index contributed by atoms with van der Waals surface area (Å²) in [6, 6.07) is 10.0. The zero-order valence-electron chi connectivity index (χ0n) is 18.3. The smallest absolute Gasteiger partial charge is 0.248 e. The monoisotopic (exact) mass is 448 g/mol. The molecule has 168 valence electrons. The second-order valence-corrected chi connectivity index (χ2v) is 8.83. The SMILES string of the molecule is CCS(=O)(=O)Nc1ccc(NC(=O)/C=C/c2ccc(OC(C)C)c(OC)c2)cc1OC. The number of carbonyl (C=O) groups is 1. The maximum Gasteiger partial charge on any atom is 0.248 e. The van der Waals surface area contributed by atoms with Gasteiger partial charge in [-0.3, -0.25) is 9.52 Å². The van der Waals surface area contributed by atoms with Crippen molar-refractivity contribution < 1.29 is 27.4 Å². The molecule has 2 N–H and O–H groups in total. The van der Waals surface area contributed by atoms with Crippen molar-refractivity contribution in [1.29, 1.82) is 0 Å². The fourth-order valence-electron chi connectivity index (χ4n) is 2.59. The summed E-state index contributed by atoms with van der Waals surface area (Å²) in [4.78, 5) is 12.3. The fourth-order valence-corrected chi connectivity index (χ4v) is 3.24. The number of rotatable bonds is 10. The van der Waals surface area contributed by atoms with E-state index in [-0.39, 0.29) is 17.8 Å². The Morgan fingerprint density at radius 3 is 2.35 bits per heavy atom. The summed E-state index contributed by atoms with van der Waals surface area (Å²) in [7, 11) is -0.467. The van der Waals surface area contributed by atoms with Crippen molar-refractivity contribution in [2.75, 3.05) is 30.0 Å². The van der Waals surface area contributed by atoms with Crippen LogP contribution in [0.4, 0.5) is 11.4 Å². The topological polar surface area (TPSA) is 103 Å². The van der Waals surface area contributed by atoms with E-state index < -0.39 is 10.0 Å². The van der Waals surface area contributed by atoms with E-state index in [1.165, 1.54) is 26.2 Å². The number of hydrogen-bond donors (Lipinski definition) is 2. The van der Waals surface area contributed by atoms with Crippen molar-refractivity contribution in [3.63, 3.8) is 0 Å². The first kappa shape index (κ1) is 24.1. The first-order valence-corrected chi connectivity index (χ1v) is 11.3. The minimum absolute atomic E-state index is 0.0155. The number of hydrogen-bond acceptors (Lipinski definition) is 6. The van der Waals surface area contributed by atoms with Gasteiger partial charge in [-0.25, -0.2) is 8.42 Å². The average Bonchev–Trinajstić information content (AvgIpc) is 2.73. The van der Waals surface area contributed by atoms with Crippen LogP contribution in [-0.2, 0) is 14.8 Å². The summed E-state index contributed by atoms with van der Waals surface area (Å²) in [6.07, 6.45) is 3.05. The van der Waals surface area contributed by atoms with Gasteiger partial charge in [0.05, 0.1) is 31.8 Å². The lowest BCUT2D eigenvalue weighted by atomic mass is 10.2. The number of amides is 1. The van der Waals surface area contributed by atoms with Gasteiger partial charge in [-0.05, 0) is 56.7 Å². The van der Waals surface area contributed by atoms with Crippen molar-refractivity contribution in [2.45, 2.75) is 26.9 Å². The number of sulfonamides is 1. The summed E-state index contributed by atoms with van der Waals surface area (Å²) in [5.74, 6) is 1.08. The molecule has 0 fully saturated rings. The molecule has 0 saturated heterocycles. The van der Waals surface area contributed by atoms with Crippen LogP contribution in [0, 0.1) is 0 Å². The molecule has 31 heavy (non-hydrogen) atoms. The van der Waals surface area contributed by atoms with Gasteiger partial charge < -0.3 is 19.5 Å². The van der Waals surface area contributed by atoms with Crippen molar-refractivity contribution in [3.05, 3.63) is 48.0 Å². The molecular formula is C22H28N2O6S. The van der Waals surface area contributed by atoms with Gasteiger partial charge in [-0.15, -0.1) is 0 Å². The first-order chi connectivity index (χ1) is 14.7. The average molecular weight is 449 g/mol. The molecule has 2 rings (SSSR count). The van der Waals surface area contributed by atoms with E-state index in [1.54, 1.807) is 37.5 Å². The standard InChI is InChI=1S/C22H28N2O6S/c1-6-31(26,27)24-18-10-9-17(14-20(18)28-4)23-22(25)12-8-16-7-11-19(30-15(2)3)21(13-16)29-5/h7-15,24H,6H2,1-5H3,(H,23,25)/b12-8+. The molecule has 0 heterocycles. The highest BCUT2D eigenvalue weighted by Gasteiger charge is 2.12. The third-order valence-electron chi connectivity index (χ3n) is 4.09. The Bertz CT molecular complexity index is 1050. The first-order valence-electron chi connectivity index (χ1n) is 9.69. The van der Waals surface area contributed by atoms with Crippen LogP contribution in [0.15, 0.2) is 42.5 Å². The Morgan fingerprint density at radius 1 is 1.03 bits per heavy atom. The largest absolute Gasteiger partial charge is 0.494 e. The van der Waals surface area contributed by atoms with Crippen LogP contribution in [0.25, 0.3) is 6.08 Å². The van der Waals surface area contributed by atoms with Crippen molar-refractivity contribution in [3.8, 4) is 17.2 Å². The van der Waals surface area contributed by atoms with Gasteiger partial charge in [0, 0.05) is 17.8 Å². The Kier molecular flexibility index (Phi) is 8.32. The second kappa shape index (κ2) is 10.7. The van der Waals surface area contributed by atoms with Gasteiger partial charge in [0.25, 0.3) is 0 Å². The van der Waals surface area contributed by atoms with Crippen LogP contribution in [0.1, 0.15) is 26.3 Å². The number of carbonyl (C=O) groups excluding carboxylic acids is 1. The Hall–Kier alpha value is -3.20. The highest BCUT2D eigenvalue weighted by molar-refractivity contribution is 7.92. The van der Waals surface area contributed by atoms with Gasteiger partial charge in [0.2, 0.25) is 15.9 Å². The molecule has 9 heteroatoms. The molecule has 0 atom stereocenters. The van der Waals surface area contributed by atoms with E-state index in [9.17, 15) is 13.2 Å². The molecular weight excluding hydrogens is 420 g/mol. The predicted molar refractivity (Wildman–Crippen MR) is 122 cm³/mol. The van der Waals surface area contributed by atoms with Crippen molar-refractivity contribution in [2.24, 2.45) is 0 Å². The predicted octanol–water partition coefficient (Wildman–Crippen LogP) is 3.90. The summed E-state index contributed by atoms with van der Waals surface area (Å²) < 4.78 is 42.3. The zero-order chi connectivity index (χ0) is 23.0. The van der Waals surface area contributed by atoms with Crippen LogP contribution in [0.5, 0.6) is 17.2 Å². The van der Waals surface area contributed by atoms with Crippen LogP contribution in [0.3, 0.4) is 0 Å². The third kappa shape index (κ3) is 7.21. The Morgan fingerprint density at radius 2 is 1.74 bits per heavy atom. The van der Waals surface area contributed by atoms with Crippen LogP contribution >= 0.6 is 0 Å². The number of nitrogens with one attached hydrogen (secondary N) is 2. The van der Waals surface area contributed by atoms with E-state index >= 15 is 0 Å². The van der Waals surface area contributed by atoms with Crippen LogP contribution < -0.4 is 24.2 Å². The summed E-state index contributed by atoms with van der Waals surface area (Å²) in [5, 5.41) is 2.72. The molecule has 0 saturated carbocycles. The molecule has 1 amide bonds. The van der Waals surface area contributed by atoms with Crippen LogP contribution in [0.2, 0.25) is 0 Å². The van der Waals surface area contributed by atoms with E-state index in [4.69, 9.17) is 14.2 Å². The number of benzene rings is 2. The molecule has 0 aliphatic carbocycles. The number of ether oxygens (including phenoxy) is 3. The lowest BCUT2D eigenvalue weighted by Gasteiger charge is -2.13. The normalized spacial score (nSPS) is 11.4. The van der Waals surface area contributed by atoms with E-state index in [2.05, 4.69) is 10.0 Å². The molecule has 2 aromatic rings. The van der Waals surface area contributed by atoms with Gasteiger partial charge in [0.1, 0.15) is 5.75 Å². The van der Waals surface area contributed by atoms with Gasteiger partial charge in [-0.1, -0.05) is 6.07 Å². The fraction of sp³-hybridized carbons (Fsp3) is 0.318. The second-order valence-electron chi connectivity index (χ2n) is 6.82. The van der Waals surface area contributed by atoms with E-state index in [0.717, 1.165) is 5.56 Å². The quantitative estimate of drug-likeness (QED) is 0.534. The van der Waals surface area contributed by atoms with Gasteiger partial charge in [0.15, 0.2) is 11.5 Å². The lowest BCUT2D eigenvalue weighted by molar-refractivity contribution is -0.111. The van der Waals surface area contributed by atoms with Gasteiger partial charge in [-0.2, -0.15) is 0 Å². The highest BCUT2D eigenvalue weighted by atomic mass is 32.2. The maximum atomic E-state index is 12.3. The molecule has 0 aliphatic rings. The van der Waals surface area contributed by atoms with Crippen molar-refractivity contribution >= 4 is 33.4 Å². The molecule has 8 nitrogen and oxygen atoms in total. The molecule has 2 aromatic carbocycles. The third-order valence-corrected chi connectivity index (χ3v) is 5.38. The summed E-state index contributed by atoms with van der Waals surface area (Å²) >= 11 is 0. The van der Waals surface area contributed by atoms with Crippen LogP contribution in [-0.4, -0.2) is 40.4 Å². The van der Waals surface area contributed by atoms with Crippen molar-refractivity contribution in [1.82, 2.24) is 0 Å². The summed E-state index contributed by atoms with van der Waals surface area (Å²) in [5.41, 5.74) is 1.53. The molecule has 0 bridgehead atoms. The maximum absolute atomic E-state index is 12.3. The Labute approximate surface area is 183 Å². The molecule has 0 spiro atoms. The molecule has 0 aromatic heterocycles. The minimum Gasteiger partial charge on any atom is -0.494 e. The van der Waals surface area contributed by atoms with E-state index in [1.807, 2.05) is 19.9 Å². The Balaban J connectivity index is 2.11.